The number of hydrogen-bond acceptors (Lipinski definition) is 4. The maximum absolute atomic E-state index is 13.6. The van der Waals surface area contributed by atoms with Gasteiger partial charge < -0.3 is 15.2 Å². The van der Waals surface area contributed by atoms with Crippen molar-refractivity contribution >= 4 is 11.7 Å². The maximum Gasteiger partial charge on any atom is 0.338 e. The second-order valence-corrected chi connectivity index (χ2v) is 4.18. The van der Waals surface area contributed by atoms with E-state index in [2.05, 4.69) is 10.3 Å². The molecule has 0 bridgehead atoms. The summed E-state index contributed by atoms with van der Waals surface area (Å²) in [5, 5.41) is 11.5. The first-order valence-electron chi connectivity index (χ1n) is 5.96. The molecule has 0 aliphatic rings. The summed E-state index contributed by atoms with van der Waals surface area (Å²) in [6.45, 7) is 0.207. The van der Waals surface area contributed by atoms with E-state index in [1.807, 2.05) is 0 Å². The average Bonchev–Trinajstić information content (AvgIpc) is 2.46. The number of carboxylic acids is 1. The number of nitrogens with zero attached hydrogens (tertiary/aromatic N) is 1. The number of pyridine rings is 1. The van der Waals surface area contributed by atoms with Crippen LogP contribution in [0.25, 0.3) is 0 Å². The van der Waals surface area contributed by atoms with Crippen LogP contribution in [0.1, 0.15) is 15.9 Å². The molecule has 0 aliphatic heterocycles. The molecular weight excluding hydrogens is 282 g/mol. The lowest BCUT2D eigenvalue weighted by Crippen LogP contribution is -2.07. The lowest BCUT2D eigenvalue weighted by Gasteiger charge is -2.09. The Morgan fingerprint density at radius 3 is 2.67 bits per heavy atom. The Hall–Kier alpha value is -2.70. The van der Waals surface area contributed by atoms with Crippen LogP contribution >= 0.6 is 0 Å². The van der Waals surface area contributed by atoms with Crippen LogP contribution in [-0.2, 0) is 6.54 Å². The highest BCUT2D eigenvalue weighted by atomic mass is 19.1. The third-order valence-electron chi connectivity index (χ3n) is 2.78. The fourth-order valence-electron chi connectivity index (χ4n) is 1.68. The highest BCUT2D eigenvalue weighted by Crippen LogP contribution is 2.20. The summed E-state index contributed by atoms with van der Waals surface area (Å²) in [7, 11) is 1.49. The average molecular weight is 294 g/mol. The van der Waals surface area contributed by atoms with Crippen molar-refractivity contribution in [2.24, 2.45) is 0 Å². The Morgan fingerprint density at radius 1 is 1.33 bits per heavy atom. The van der Waals surface area contributed by atoms with E-state index in [0.717, 1.165) is 11.6 Å². The van der Waals surface area contributed by atoms with E-state index in [4.69, 9.17) is 9.84 Å². The highest BCUT2D eigenvalue weighted by molar-refractivity contribution is 5.89. The number of nitrogens with one attached hydrogen (secondary N) is 1. The topological polar surface area (TPSA) is 71.5 Å². The smallest absolute Gasteiger partial charge is 0.338 e. The third kappa shape index (κ3) is 3.44. The van der Waals surface area contributed by atoms with Gasteiger partial charge in [0.1, 0.15) is 11.6 Å². The zero-order chi connectivity index (χ0) is 15.4. The molecule has 21 heavy (non-hydrogen) atoms. The Kier molecular flexibility index (Phi) is 4.32. The van der Waals surface area contributed by atoms with E-state index in [9.17, 15) is 13.6 Å². The van der Waals surface area contributed by atoms with E-state index >= 15 is 0 Å². The standard InChI is InChI=1S/C14H12F2N2O3/c1-21-13-3-2-8(7-18-13)6-17-12-4-9(14(19)20)10(15)5-11(12)16/h2-5,7,17H,6H2,1H3,(H,19,20). The number of rotatable bonds is 5. The van der Waals surface area contributed by atoms with E-state index < -0.39 is 23.2 Å². The van der Waals surface area contributed by atoms with Gasteiger partial charge in [-0.25, -0.2) is 18.6 Å². The number of halogens is 2. The fraction of sp³-hybridized carbons (Fsp3) is 0.143. The van der Waals surface area contributed by atoms with Gasteiger partial charge in [-0.2, -0.15) is 0 Å². The van der Waals surface area contributed by atoms with Crippen LogP contribution in [0.2, 0.25) is 0 Å². The van der Waals surface area contributed by atoms with Crippen LogP contribution in [0.3, 0.4) is 0 Å². The molecule has 5 nitrogen and oxygen atoms in total. The van der Waals surface area contributed by atoms with Crippen LogP contribution < -0.4 is 10.1 Å². The first kappa shape index (κ1) is 14.7. The second-order valence-electron chi connectivity index (χ2n) is 4.18. The van der Waals surface area contributed by atoms with Gasteiger partial charge in [-0.15, -0.1) is 0 Å². The molecule has 110 valence electrons. The molecule has 0 unspecified atom stereocenters. The minimum Gasteiger partial charge on any atom is -0.481 e. The van der Waals surface area contributed by atoms with Crippen molar-refractivity contribution in [2.45, 2.75) is 6.54 Å². The number of carboxylic acid groups (broad SMARTS) is 1. The van der Waals surface area contributed by atoms with Gasteiger partial charge in [0.05, 0.1) is 18.4 Å². The van der Waals surface area contributed by atoms with E-state index in [-0.39, 0.29) is 12.2 Å². The van der Waals surface area contributed by atoms with Crippen LogP contribution in [0.15, 0.2) is 30.5 Å². The lowest BCUT2D eigenvalue weighted by atomic mass is 10.1. The number of hydrogen-bond donors (Lipinski definition) is 2. The van der Waals surface area contributed by atoms with Crippen LogP contribution in [0.4, 0.5) is 14.5 Å². The van der Waals surface area contributed by atoms with Crippen molar-refractivity contribution in [3.05, 3.63) is 53.2 Å². The van der Waals surface area contributed by atoms with Crippen LogP contribution in [-0.4, -0.2) is 23.2 Å². The Labute approximate surface area is 119 Å². The Balaban J connectivity index is 2.15. The number of methoxy groups -OCH3 is 1. The summed E-state index contributed by atoms with van der Waals surface area (Å²) in [5.41, 5.74) is 0.0489. The van der Waals surface area contributed by atoms with E-state index in [1.54, 1.807) is 12.1 Å². The van der Waals surface area contributed by atoms with Crippen LogP contribution in [0.5, 0.6) is 5.88 Å². The predicted molar refractivity (Wildman–Crippen MR) is 71.4 cm³/mol. The number of ether oxygens (including phenoxy) is 1. The molecule has 1 heterocycles. The zero-order valence-electron chi connectivity index (χ0n) is 11.1. The molecule has 2 N–H and O–H groups in total. The van der Waals surface area contributed by atoms with Gasteiger partial charge in [-0.3, -0.25) is 0 Å². The minimum absolute atomic E-state index is 0.0929. The first-order valence-corrected chi connectivity index (χ1v) is 5.96. The molecule has 0 saturated heterocycles. The molecule has 1 aromatic carbocycles. The highest BCUT2D eigenvalue weighted by Gasteiger charge is 2.15. The number of aromatic carboxylic acids is 1. The maximum atomic E-state index is 13.6. The van der Waals surface area contributed by atoms with Gasteiger partial charge in [0.2, 0.25) is 5.88 Å². The molecule has 0 saturated carbocycles. The summed E-state index contributed by atoms with van der Waals surface area (Å²) >= 11 is 0. The summed E-state index contributed by atoms with van der Waals surface area (Å²) in [6.07, 6.45) is 1.53. The SMILES string of the molecule is COc1ccc(CNc2cc(C(=O)O)c(F)cc2F)cn1. The van der Waals surface area contributed by atoms with Crippen LogP contribution in [0, 0.1) is 11.6 Å². The molecule has 1 aromatic heterocycles. The molecule has 0 atom stereocenters. The van der Waals surface area contributed by atoms with Crippen molar-refractivity contribution in [1.82, 2.24) is 4.98 Å². The first-order chi connectivity index (χ1) is 10.0. The largest absolute Gasteiger partial charge is 0.481 e. The molecule has 2 rings (SSSR count). The minimum atomic E-state index is -1.46. The Morgan fingerprint density at radius 2 is 2.10 bits per heavy atom. The number of carbonyl (C=O) groups is 1. The molecular formula is C14H12F2N2O3. The molecule has 0 aliphatic carbocycles. The van der Waals surface area contributed by atoms with Crippen molar-refractivity contribution in [3.63, 3.8) is 0 Å². The van der Waals surface area contributed by atoms with Crippen molar-refractivity contribution in [1.29, 1.82) is 0 Å². The van der Waals surface area contributed by atoms with Gasteiger partial charge >= 0.3 is 5.97 Å². The molecule has 0 radical (unpaired) electrons. The summed E-state index contributed by atoms with van der Waals surface area (Å²) in [5.74, 6) is -2.99. The molecule has 2 aromatic rings. The third-order valence-corrected chi connectivity index (χ3v) is 2.78. The van der Waals surface area contributed by atoms with Gasteiger partial charge in [0, 0.05) is 24.9 Å². The number of aromatic nitrogens is 1. The zero-order valence-corrected chi connectivity index (χ0v) is 11.1. The number of benzene rings is 1. The summed E-state index contributed by atoms with van der Waals surface area (Å²) in [4.78, 5) is 14.8. The molecule has 7 heteroatoms. The second kappa shape index (κ2) is 6.17. The summed E-state index contributed by atoms with van der Waals surface area (Å²) < 4.78 is 31.7. The van der Waals surface area contributed by atoms with E-state index in [0.29, 0.717) is 11.9 Å². The molecule has 0 fully saturated rings. The van der Waals surface area contributed by atoms with Gasteiger partial charge in [0.25, 0.3) is 0 Å². The van der Waals surface area contributed by atoms with Crippen molar-refractivity contribution < 1.29 is 23.4 Å². The monoisotopic (exact) mass is 294 g/mol. The van der Waals surface area contributed by atoms with Gasteiger partial charge in [0.15, 0.2) is 0 Å². The van der Waals surface area contributed by atoms with Crippen molar-refractivity contribution in [3.8, 4) is 5.88 Å². The summed E-state index contributed by atoms with van der Waals surface area (Å²) in [6, 6.07) is 4.82. The lowest BCUT2D eigenvalue weighted by molar-refractivity contribution is 0.0692. The molecule has 0 spiro atoms. The Bertz CT molecular complexity index is 660. The molecule has 0 amide bonds. The van der Waals surface area contributed by atoms with E-state index in [1.165, 1.54) is 13.3 Å². The number of anilines is 1. The van der Waals surface area contributed by atoms with Crippen molar-refractivity contribution in [2.75, 3.05) is 12.4 Å². The van der Waals surface area contributed by atoms with Gasteiger partial charge in [-0.05, 0) is 11.6 Å². The quantitative estimate of drug-likeness (QED) is 0.887. The fourth-order valence-corrected chi connectivity index (χ4v) is 1.68. The predicted octanol–water partition coefficient (Wildman–Crippen LogP) is 2.68. The van der Waals surface area contributed by atoms with Gasteiger partial charge in [-0.1, -0.05) is 6.07 Å². The normalized spacial score (nSPS) is 10.2.